The summed E-state index contributed by atoms with van der Waals surface area (Å²) in [7, 11) is 0. The van der Waals surface area contributed by atoms with Crippen molar-refractivity contribution in [1.82, 2.24) is 9.97 Å². The van der Waals surface area contributed by atoms with Gasteiger partial charge in [-0.15, -0.1) is 0 Å². The number of pyridine rings is 1. The van der Waals surface area contributed by atoms with Crippen molar-refractivity contribution in [3.05, 3.63) is 83.2 Å². The highest BCUT2D eigenvalue weighted by molar-refractivity contribution is 5.93. The van der Waals surface area contributed by atoms with E-state index in [9.17, 15) is 9.90 Å². The maximum absolute atomic E-state index is 11.3. The Morgan fingerprint density at radius 2 is 1.96 bits per heavy atom. The Morgan fingerprint density at radius 3 is 2.79 bits per heavy atom. The molecule has 0 aliphatic carbocycles. The van der Waals surface area contributed by atoms with Crippen LogP contribution in [0.2, 0.25) is 0 Å². The van der Waals surface area contributed by atoms with Crippen LogP contribution in [-0.4, -0.2) is 27.7 Å². The normalized spacial score (nSPS) is 12.7. The smallest absolute Gasteiger partial charge is 0.354 e. The van der Waals surface area contributed by atoms with Crippen molar-refractivity contribution >= 4 is 16.9 Å². The SMILES string of the molecule is O=C(O)c1cccc(Cc2c(-c3ccccc3)[nH]c3cc4c(cc23)CCO4)n1. The number of aromatic amines is 1. The lowest BCUT2D eigenvalue weighted by molar-refractivity contribution is 0.0690. The largest absolute Gasteiger partial charge is 0.493 e. The van der Waals surface area contributed by atoms with Crippen molar-refractivity contribution < 1.29 is 14.6 Å². The maximum Gasteiger partial charge on any atom is 0.354 e. The number of aromatic carboxylic acids is 1. The molecule has 0 atom stereocenters. The van der Waals surface area contributed by atoms with Crippen LogP contribution in [0.25, 0.3) is 22.2 Å². The van der Waals surface area contributed by atoms with Crippen LogP contribution in [0.15, 0.2) is 60.7 Å². The molecule has 0 radical (unpaired) electrons. The van der Waals surface area contributed by atoms with Gasteiger partial charge in [-0.3, -0.25) is 0 Å². The first-order valence-corrected chi connectivity index (χ1v) is 9.24. The highest BCUT2D eigenvalue weighted by Gasteiger charge is 2.20. The van der Waals surface area contributed by atoms with E-state index in [2.05, 4.69) is 34.2 Å². The Balaban J connectivity index is 1.69. The zero-order valence-electron chi connectivity index (χ0n) is 15.1. The van der Waals surface area contributed by atoms with Gasteiger partial charge in [0.1, 0.15) is 11.4 Å². The minimum Gasteiger partial charge on any atom is -0.493 e. The second kappa shape index (κ2) is 6.53. The summed E-state index contributed by atoms with van der Waals surface area (Å²) < 4.78 is 5.72. The summed E-state index contributed by atoms with van der Waals surface area (Å²) in [5, 5.41) is 10.4. The second-order valence-electron chi connectivity index (χ2n) is 6.94. The highest BCUT2D eigenvalue weighted by Crippen LogP contribution is 2.37. The number of hydrogen-bond donors (Lipinski definition) is 2. The van der Waals surface area contributed by atoms with Crippen LogP contribution in [-0.2, 0) is 12.8 Å². The summed E-state index contributed by atoms with van der Waals surface area (Å²) in [5.74, 6) is -0.0788. The summed E-state index contributed by atoms with van der Waals surface area (Å²) in [5.41, 5.74) is 6.25. The van der Waals surface area contributed by atoms with Crippen LogP contribution in [0.1, 0.15) is 27.3 Å². The first kappa shape index (κ1) is 16.6. The fourth-order valence-electron chi connectivity index (χ4n) is 3.84. The molecule has 5 heteroatoms. The Hall–Kier alpha value is -3.60. The van der Waals surface area contributed by atoms with Crippen LogP contribution >= 0.6 is 0 Å². The minimum atomic E-state index is -1.01. The van der Waals surface area contributed by atoms with Crippen molar-refractivity contribution in [2.24, 2.45) is 0 Å². The number of rotatable bonds is 4. The second-order valence-corrected chi connectivity index (χ2v) is 6.94. The fraction of sp³-hybridized carbons (Fsp3) is 0.130. The van der Waals surface area contributed by atoms with Crippen molar-refractivity contribution in [2.75, 3.05) is 6.61 Å². The lowest BCUT2D eigenvalue weighted by Crippen LogP contribution is -2.03. The molecule has 0 saturated heterocycles. The Labute approximate surface area is 161 Å². The van der Waals surface area contributed by atoms with Crippen LogP contribution in [0.4, 0.5) is 0 Å². The topological polar surface area (TPSA) is 75.2 Å². The summed E-state index contributed by atoms with van der Waals surface area (Å²) in [6.45, 7) is 0.713. The standard InChI is InChI=1S/C23H18N2O3/c26-23(27)19-8-4-7-16(24-19)12-18-17-11-15-9-10-28-21(15)13-20(17)25-22(18)14-5-2-1-3-6-14/h1-8,11,13,25H,9-10,12H2,(H,26,27). The van der Waals surface area contributed by atoms with Gasteiger partial charge in [-0.25, -0.2) is 9.78 Å². The number of benzene rings is 2. The van der Waals surface area contributed by atoms with Crippen LogP contribution in [0, 0.1) is 0 Å². The molecule has 2 aromatic heterocycles. The number of aromatic nitrogens is 2. The zero-order valence-corrected chi connectivity index (χ0v) is 15.1. The van der Waals surface area contributed by atoms with E-state index in [1.807, 2.05) is 24.3 Å². The van der Waals surface area contributed by atoms with Gasteiger partial charge >= 0.3 is 5.97 Å². The van der Waals surface area contributed by atoms with Gasteiger partial charge in [0.15, 0.2) is 0 Å². The number of carboxylic acid groups (broad SMARTS) is 1. The maximum atomic E-state index is 11.3. The highest BCUT2D eigenvalue weighted by atomic mass is 16.5. The summed E-state index contributed by atoms with van der Waals surface area (Å²) in [6.07, 6.45) is 1.45. The predicted molar refractivity (Wildman–Crippen MR) is 107 cm³/mol. The average Bonchev–Trinajstić information content (AvgIpc) is 3.31. The molecule has 0 bridgehead atoms. The Bertz CT molecular complexity index is 1200. The molecule has 2 N–H and O–H groups in total. The number of ether oxygens (including phenoxy) is 1. The quantitative estimate of drug-likeness (QED) is 0.556. The third-order valence-electron chi connectivity index (χ3n) is 5.16. The van der Waals surface area contributed by atoms with Crippen molar-refractivity contribution in [3.8, 4) is 17.0 Å². The molecule has 1 aliphatic heterocycles. The first-order chi connectivity index (χ1) is 13.7. The van der Waals surface area contributed by atoms with Gasteiger partial charge < -0.3 is 14.8 Å². The zero-order chi connectivity index (χ0) is 19.1. The van der Waals surface area contributed by atoms with Crippen molar-refractivity contribution in [3.63, 3.8) is 0 Å². The Kier molecular flexibility index (Phi) is 3.86. The molecule has 0 spiro atoms. The molecular formula is C23H18N2O3. The third-order valence-corrected chi connectivity index (χ3v) is 5.16. The van der Waals surface area contributed by atoms with Gasteiger partial charge in [0.2, 0.25) is 0 Å². The molecule has 5 nitrogen and oxygen atoms in total. The van der Waals surface area contributed by atoms with E-state index in [0.717, 1.165) is 45.6 Å². The van der Waals surface area contributed by atoms with Crippen molar-refractivity contribution in [2.45, 2.75) is 12.8 Å². The van der Waals surface area contributed by atoms with E-state index in [1.165, 1.54) is 11.6 Å². The van der Waals surface area contributed by atoms with Gasteiger partial charge in [-0.05, 0) is 34.9 Å². The molecule has 3 heterocycles. The number of fused-ring (bicyclic) bond motifs is 2. The molecule has 0 fully saturated rings. The van der Waals surface area contributed by atoms with Crippen molar-refractivity contribution in [1.29, 1.82) is 0 Å². The van der Waals surface area contributed by atoms with Gasteiger partial charge in [0.05, 0.1) is 12.3 Å². The van der Waals surface area contributed by atoms with Gasteiger partial charge in [-0.2, -0.15) is 0 Å². The molecule has 4 aromatic rings. The van der Waals surface area contributed by atoms with Crippen LogP contribution < -0.4 is 4.74 Å². The number of carbonyl (C=O) groups is 1. The minimum absolute atomic E-state index is 0.0629. The fourth-order valence-corrected chi connectivity index (χ4v) is 3.84. The van der Waals surface area contributed by atoms with E-state index in [0.29, 0.717) is 13.0 Å². The van der Waals surface area contributed by atoms with E-state index in [1.54, 1.807) is 6.07 Å². The number of carboxylic acids is 1. The lowest BCUT2D eigenvalue weighted by atomic mass is 9.99. The van der Waals surface area contributed by atoms with Gasteiger partial charge in [0, 0.05) is 35.5 Å². The summed E-state index contributed by atoms with van der Waals surface area (Å²) in [4.78, 5) is 19.2. The molecule has 138 valence electrons. The molecule has 0 amide bonds. The first-order valence-electron chi connectivity index (χ1n) is 9.24. The lowest BCUT2D eigenvalue weighted by Gasteiger charge is -2.07. The number of nitrogens with one attached hydrogen (secondary N) is 1. The van der Waals surface area contributed by atoms with E-state index < -0.39 is 5.97 Å². The molecular weight excluding hydrogens is 352 g/mol. The summed E-state index contributed by atoms with van der Waals surface area (Å²) >= 11 is 0. The van der Waals surface area contributed by atoms with E-state index in [4.69, 9.17) is 4.74 Å². The Morgan fingerprint density at radius 1 is 1.11 bits per heavy atom. The molecule has 5 rings (SSSR count). The monoisotopic (exact) mass is 370 g/mol. The molecule has 0 unspecified atom stereocenters. The van der Waals surface area contributed by atoms with Gasteiger partial charge in [0.25, 0.3) is 0 Å². The number of nitrogens with zero attached hydrogens (tertiary/aromatic N) is 1. The molecule has 2 aromatic carbocycles. The average molecular weight is 370 g/mol. The van der Waals surface area contributed by atoms with E-state index in [-0.39, 0.29) is 5.69 Å². The van der Waals surface area contributed by atoms with Crippen LogP contribution in [0.3, 0.4) is 0 Å². The van der Waals surface area contributed by atoms with E-state index >= 15 is 0 Å². The molecule has 28 heavy (non-hydrogen) atoms. The number of hydrogen-bond acceptors (Lipinski definition) is 3. The molecule has 0 saturated carbocycles. The molecule has 1 aliphatic rings. The number of H-pyrrole nitrogens is 1. The predicted octanol–water partition coefficient (Wildman–Crippen LogP) is 4.45. The van der Waals surface area contributed by atoms with Gasteiger partial charge in [-0.1, -0.05) is 36.4 Å². The summed E-state index contributed by atoms with van der Waals surface area (Å²) in [6, 6.07) is 19.5. The van der Waals surface area contributed by atoms with Crippen LogP contribution in [0.5, 0.6) is 5.75 Å². The third kappa shape index (κ3) is 2.81.